The summed E-state index contributed by atoms with van der Waals surface area (Å²) in [6.45, 7) is 10.8. The van der Waals surface area contributed by atoms with Crippen LogP contribution in [0.3, 0.4) is 0 Å². The van der Waals surface area contributed by atoms with E-state index >= 15 is 0 Å². The topological polar surface area (TPSA) is 407 Å². The molecule has 1 aliphatic heterocycles. The minimum absolute atomic E-state index is 0.189. The van der Waals surface area contributed by atoms with Gasteiger partial charge < -0.3 is 115 Å². The molecule has 0 spiro atoms. The predicted molar refractivity (Wildman–Crippen MR) is 584 cm³/mol. The van der Waals surface area contributed by atoms with E-state index in [1.54, 1.807) is 132 Å². The quantitative estimate of drug-likeness (QED) is 0.0161. The van der Waals surface area contributed by atoms with Crippen LogP contribution < -0.4 is 91.7 Å². The minimum Gasteiger partial charge on any atom is -0.494 e. The summed E-state index contributed by atoms with van der Waals surface area (Å²) in [6.07, 6.45) is 14.1. The zero-order valence-corrected chi connectivity index (χ0v) is 83.3. The van der Waals surface area contributed by atoms with E-state index in [2.05, 4.69) is 144 Å². The number of H-pyrrole nitrogens is 1. The second-order valence-corrected chi connectivity index (χ2v) is 33.4. The molecule has 40 heteroatoms. The third kappa shape index (κ3) is 26.8. The van der Waals surface area contributed by atoms with Gasteiger partial charge in [-0.1, -0.05) is 92.2 Å². The van der Waals surface area contributed by atoms with Crippen molar-refractivity contribution < 1.29 is 54.6 Å². The van der Waals surface area contributed by atoms with Crippen molar-refractivity contribution in [2.45, 2.75) is 13.3 Å². The number of para-hydroxylation sites is 5. The van der Waals surface area contributed by atoms with E-state index in [4.69, 9.17) is 45.4 Å². The van der Waals surface area contributed by atoms with Crippen LogP contribution in [0.25, 0.3) is 50.4 Å². The van der Waals surface area contributed by atoms with Gasteiger partial charge in [-0.3, -0.25) is 19.2 Å². The lowest BCUT2D eigenvalue weighted by atomic mass is 10.2. The summed E-state index contributed by atoms with van der Waals surface area (Å²) in [5, 5.41) is 33.5. The summed E-state index contributed by atoms with van der Waals surface area (Å²) in [6, 6.07) is 52.0. The van der Waals surface area contributed by atoms with E-state index in [1.165, 1.54) is 82.5 Å². The van der Waals surface area contributed by atoms with Crippen LogP contribution in [0.2, 0.25) is 0 Å². The molecule has 9 N–H and O–H groups in total. The third-order valence-corrected chi connectivity index (χ3v) is 23.0. The number of methoxy groups -OCH3 is 4. The van der Waals surface area contributed by atoms with Gasteiger partial charge in [-0.25, -0.2) is 29.3 Å². The van der Waals surface area contributed by atoms with Gasteiger partial charge in [0, 0.05) is 182 Å². The maximum atomic E-state index is 12.7. The number of likely N-dealkylation sites (N-methyl/N-ethyl adjacent to an activating group) is 8. The molecule has 15 aromatic rings. The van der Waals surface area contributed by atoms with Crippen LogP contribution >= 0.6 is 0 Å². The molecule has 758 valence electrons. The second kappa shape index (κ2) is 49.7. The molecule has 0 saturated heterocycles. The largest absolute Gasteiger partial charge is 0.494 e. The number of aromatic amines is 1. The van der Waals surface area contributed by atoms with Gasteiger partial charge in [0.05, 0.1) is 119 Å². The van der Waals surface area contributed by atoms with E-state index in [1.807, 2.05) is 129 Å². The summed E-state index contributed by atoms with van der Waals surface area (Å²) in [5.74, 6) is 3.75. The van der Waals surface area contributed by atoms with Crippen LogP contribution in [0.5, 0.6) is 23.0 Å². The van der Waals surface area contributed by atoms with Gasteiger partial charge in [0.1, 0.15) is 46.0 Å². The fraction of sp³-hybridized carbons (Fsp3) is 0.255. The van der Waals surface area contributed by atoms with Gasteiger partial charge in [0.15, 0.2) is 5.82 Å². The zero-order chi connectivity index (χ0) is 114. The number of rotatable bonds is 40. The molecule has 8 heterocycles. The van der Waals surface area contributed by atoms with Gasteiger partial charge in [-0.15, -0.1) is 5.10 Å². The van der Waals surface area contributed by atoms with Gasteiger partial charge in [0.25, 0.3) is 0 Å². The Hall–Kier alpha value is -17.6. The molecule has 0 atom stereocenters. The number of nitrogens with one attached hydrogen (secondary N) is 9. The number of aromatic nitrogens is 14. The lowest BCUT2D eigenvalue weighted by Crippen LogP contribution is -2.29. The molecule has 0 unspecified atom stereocenters. The third-order valence-electron chi connectivity index (χ3n) is 23.0. The van der Waals surface area contributed by atoms with Crippen molar-refractivity contribution in [2.24, 2.45) is 0 Å². The fourth-order valence-electron chi connectivity index (χ4n) is 15.5. The van der Waals surface area contributed by atoms with Crippen molar-refractivity contribution in [3.05, 3.63) is 273 Å². The normalized spacial score (nSPS) is 12.8. The molecule has 0 fully saturated rings. The standard InChI is InChI=1S/C28H33N7O2.C27H33N7O2.C26H30N8O3.C25H29N9O2/c1-7-27(36)30-21-16-22(25(37-6)17-24(21)34(5)15-14-33(3)4)31-28-29-13-12-26(32-28)35-18-19(2)20-10-8-9-11-23(20)35;1-6-26(35)29-20-17-21(24(36-5)18-23(20)33(4)16-15-32(2)3)30-27-28-13-11-25(31-27)34-14-12-19-9-7-8-10-22(19)34;1-6-24(35)28-18-15-19(22(37-5)16-21(18)33(4)14-13-32(2)3)29-25-27-12-11-23(31-25)34-20-10-8-7-9-17(20)30-26(34)36;1-6-24(35)27-18-15-19(22(36-5)16-21(18)33(4)14-13-32(2)3)28-25-26-12-11-23(29-25)34-20-10-8-7-9-17(20)30-31-34/h7-13,16-18H,1,14-15H2,2-6H3,(H,30,36)(H,29,31,32);6-11,13,17-18H,1,12,14-16H2,2-5H3,(H,29,35)(H,28,30,31);6-12,15-16H,1,13-14H2,2-5H3,(H,28,35)(H,30,36)(H,27,29,31);6-12,15-16H,1,13-14H2,2-5H3,(H,27,35)(H,26,28,29)/i3D3;3*2D3. The molecular formula is C106H125N31O9. The van der Waals surface area contributed by atoms with E-state index in [0.717, 1.165) is 58.0 Å². The first-order chi connectivity index (χ1) is 75.2. The predicted octanol–water partition coefficient (Wildman–Crippen LogP) is 14.7. The summed E-state index contributed by atoms with van der Waals surface area (Å²) in [7, 11) is 19.5. The average molecular weight is 1990 g/mol. The number of carbonyl (C=O) groups excluding carboxylic acids is 4. The molecule has 0 bridgehead atoms. The number of fused-ring (bicyclic) bond motifs is 4. The zero-order valence-electron chi connectivity index (χ0n) is 95.3. The molecule has 8 aromatic carbocycles. The van der Waals surface area contributed by atoms with Gasteiger partial charge in [0.2, 0.25) is 47.4 Å². The number of hydrogen-bond acceptors (Lipinski definition) is 32. The smallest absolute Gasteiger partial charge is 0.332 e. The summed E-state index contributed by atoms with van der Waals surface area (Å²) < 4.78 is 119. The van der Waals surface area contributed by atoms with E-state index in [9.17, 15) is 24.0 Å². The van der Waals surface area contributed by atoms with E-state index in [0.29, 0.717) is 158 Å². The van der Waals surface area contributed by atoms with Crippen LogP contribution in [0.1, 0.15) is 27.6 Å². The summed E-state index contributed by atoms with van der Waals surface area (Å²) in [5.41, 5.74) is 13.5. The van der Waals surface area contributed by atoms with Crippen LogP contribution in [-0.4, -0.2) is 284 Å². The number of carbonyl (C=O) groups is 4. The molecule has 4 amide bonds. The summed E-state index contributed by atoms with van der Waals surface area (Å²) in [4.78, 5) is 115. The first kappa shape index (κ1) is 89.7. The Morgan fingerprint density at radius 3 is 1.20 bits per heavy atom. The van der Waals surface area contributed by atoms with Crippen LogP contribution in [-0.2, 0) is 25.6 Å². The van der Waals surface area contributed by atoms with Crippen molar-refractivity contribution in [1.82, 2.24) is 88.6 Å². The van der Waals surface area contributed by atoms with Crippen molar-refractivity contribution >= 4 is 160 Å². The Morgan fingerprint density at radius 2 is 0.774 bits per heavy atom. The Labute approximate surface area is 865 Å². The van der Waals surface area contributed by atoms with Crippen LogP contribution in [0.4, 0.5) is 104 Å². The molecule has 1 aliphatic rings. The maximum Gasteiger partial charge on any atom is 0.332 e. The van der Waals surface area contributed by atoms with Crippen LogP contribution in [0, 0.1) is 6.92 Å². The highest BCUT2D eigenvalue weighted by Crippen LogP contribution is 2.44. The number of benzene rings is 8. The molecular weight excluding hydrogens is 1850 g/mol. The second-order valence-electron chi connectivity index (χ2n) is 33.4. The number of hydrogen-bond donors (Lipinski definition) is 9. The Morgan fingerprint density at radius 1 is 0.418 bits per heavy atom. The highest BCUT2D eigenvalue weighted by atomic mass is 16.5. The average Bonchev–Trinajstić information content (AvgIpc) is 1.61. The number of amides is 4. The highest BCUT2D eigenvalue weighted by molar-refractivity contribution is 6.05. The maximum absolute atomic E-state index is 12.7. The monoisotopic (exact) mass is 1990 g/mol. The molecule has 40 nitrogen and oxygen atoms in total. The number of anilines is 18. The van der Waals surface area contributed by atoms with Gasteiger partial charge in [-0.2, -0.15) is 24.6 Å². The highest BCUT2D eigenvalue weighted by Gasteiger charge is 2.27. The van der Waals surface area contributed by atoms with Crippen molar-refractivity contribution in [1.29, 1.82) is 0 Å². The molecule has 16 rings (SSSR count). The number of ether oxygens (including phenoxy) is 4. The fourth-order valence-corrected chi connectivity index (χ4v) is 15.5. The number of imidazole rings is 1. The minimum atomic E-state index is -2.22. The molecule has 0 aliphatic carbocycles. The van der Waals surface area contributed by atoms with Crippen molar-refractivity contribution in [3.8, 4) is 40.5 Å². The number of nitrogens with zero attached hydrogens (tertiary/aromatic N) is 22. The van der Waals surface area contributed by atoms with Gasteiger partial charge >= 0.3 is 5.69 Å². The van der Waals surface area contributed by atoms with Gasteiger partial charge in [-0.05, 0) is 178 Å². The molecule has 7 aromatic heterocycles. The molecule has 0 saturated carbocycles. The first-order valence-corrected chi connectivity index (χ1v) is 45.9. The SMILES string of the molecule is [2H]C([2H])([2H])N(C)CCN(C)c1cc(OC)c(Nc2nccc(-n3c(=O)[nH]c4ccccc43)n2)cc1NC(=O)C=C.[2H]C([2H])([2H])N(C)CCN(C)c1cc(OC)c(Nc2nccc(-n3cc(C)c4ccccc43)n2)cc1NC(=O)C=C.[2H]C([2H])([2H])N(C)CCN(C)c1cc(OC)c(Nc2nccc(-n3nnc4ccccc43)n2)cc1NC(=O)C=C.[2H]C([2H])([2H])N(C)CCN(C)c1cc(OC)c(Nc2nccc(N3CCc4ccccc43)n2)cc1NC(=O)C=C. The van der Waals surface area contributed by atoms with E-state index in [-0.39, 0.29) is 49.7 Å². The lowest BCUT2D eigenvalue weighted by molar-refractivity contribution is -0.112. The van der Waals surface area contributed by atoms with Crippen molar-refractivity contribution in [2.75, 3.05) is 239 Å². The van der Waals surface area contributed by atoms with E-state index < -0.39 is 45.6 Å². The Kier molecular flexibility index (Phi) is 30.5. The Balaban J connectivity index is 0.000000174. The van der Waals surface area contributed by atoms with Crippen LogP contribution in [0.15, 0.2) is 256 Å². The lowest BCUT2D eigenvalue weighted by Gasteiger charge is -2.26. The number of aryl methyl sites for hydroxylation is 1. The molecule has 0 radical (unpaired) electrons. The first-order valence-electron chi connectivity index (χ1n) is 51.9. The molecule has 146 heavy (non-hydrogen) atoms. The Bertz CT molecular complexity index is 7760. The summed E-state index contributed by atoms with van der Waals surface area (Å²) >= 11 is 0. The van der Waals surface area contributed by atoms with Crippen molar-refractivity contribution in [3.63, 3.8) is 0 Å².